The third kappa shape index (κ3) is 2.35. The second kappa shape index (κ2) is 4.89. The number of aromatic nitrogens is 2. The number of nitrogens with zero attached hydrogens (tertiary/aromatic N) is 2. The van der Waals surface area contributed by atoms with Crippen LogP contribution in [0.25, 0.3) is 0 Å². The van der Waals surface area contributed by atoms with Crippen molar-refractivity contribution in [3.05, 3.63) is 34.9 Å². The summed E-state index contributed by atoms with van der Waals surface area (Å²) in [4.78, 5) is 1.05. The van der Waals surface area contributed by atoms with Gasteiger partial charge in [-0.25, -0.2) is 0 Å². The standard InChI is InChI=1S/C12H15N3OS/c1-7-8(2)14-15-12(10(7)6-13)17-11-4-5-16-9(11)3/h4-5H,6,13H2,1-3H3. The Hall–Kier alpha value is -1.33. The van der Waals surface area contributed by atoms with E-state index < -0.39 is 0 Å². The quantitative estimate of drug-likeness (QED) is 0.905. The van der Waals surface area contributed by atoms with Crippen LogP contribution >= 0.6 is 11.8 Å². The molecule has 0 aliphatic carbocycles. The zero-order valence-electron chi connectivity index (χ0n) is 10.2. The van der Waals surface area contributed by atoms with Gasteiger partial charge in [-0.1, -0.05) is 11.8 Å². The molecule has 0 bridgehead atoms. The summed E-state index contributed by atoms with van der Waals surface area (Å²) in [6.07, 6.45) is 1.67. The zero-order valence-corrected chi connectivity index (χ0v) is 11.0. The molecule has 90 valence electrons. The highest BCUT2D eigenvalue weighted by Gasteiger charge is 2.13. The van der Waals surface area contributed by atoms with Crippen LogP contribution in [0.1, 0.15) is 22.6 Å². The fourth-order valence-corrected chi connectivity index (χ4v) is 2.51. The Morgan fingerprint density at radius 3 is 2.65 bits per heavy atom. The van der Waals surface area contributed by atoms with E-state index in [1.54, 1.807) is 18.0 Å². The molecule has 0 radical (unpaired) electrons. The molecule has 0 aromatic carbocycles. The summed E-state index contributed by atoms with van der Waals surface area (Å²) in [6.45, 7) is 6.37. The Balaban J connectivity index is 2.40. The van der Waals surface area contributed by atoms with E-state index in [9.17, 15) is 0 Å². The first kappa shape index (κ1) is 12.1. The van der Waals surface area contributed by atoms with E-state index in [1.165, 1.54) is 0 Å². The lowest BCUT2D eigenvalue weighted by Gasteiger charge is -2.09. The minimum atomic E-state index is 0.474. The summed E-state index contributed by atoms with van der Waals surface area (Å²) in [5.74, 6) is 0.887. The molecule has 0 aliphatic heterocycles. The van der Waals surface area contributed by atoms with E-state index in [0.717, 1.165) is 32.5 Å². The average Bonchev–Trinajstić information content (AvgIpc) is 2.70. The zero-order chi connectivity index (χ0) is 12.4. The van der Waals surface area contributed by atoms with E-state index in [1.807, 2.05) is 26.8 Å². The molecular formula is C12H15N3OS. The van der Waals surface area contributed by atoms with Gasteiger partial charge in [0.25, 0.3) is 0 Å². The molecule has 0 aliphatic rings. The number of hydrogen-bond acceptors (Lipinski definition) is 5. The van der Waals surface area contributed by atoms with Crippen molar-refractivity contribution >= 4 is 11.8 Å². The number of nitrogens with two attached hydrogens (primary N) is 1. The highest BCUT2D eigenvalue weighted by molar-refractivity contribution is 7.99. The lowest BCUT2D eigenvalue weighted by molar-refractivity contribution is 0.527. The Labute approximate surface area is 105 Å². The van der Waals surface area contributed by atoms with Crippen molar-refractivity contribution in [3.63, 3.8) is 0 Å². The van der Waals surface area contributed by atoms with Crippen molar-refractivity contribution in [2.24, 2.45) is 5.73 Å². The van der Waals surface area contributed by atoms with E-state index >= 15 is 0 Å². The summed E-state index contributed by atoms with van der Waals surface area (Å²) >= 11 is 1.55. The van der Waals surface area contributed by atoms with Gasteiger partial charge in [-0.3, -0.25) is 0 Å². The van der Waals surface area contributed by atoms with Gasteiger partial charge in [-0.15, -0.1) is 5.10 Å². The third-order valence-corrected chi connectivity index (χ3v) is 3.93. The maximum absolute atomic E-state index is 5.78. The molecule has 2 N–H and O–H groups in total. The molecule has 2 aromatic heterocycles. The molecule has 5 heteroatoms. The summed E-state index contributed by atoms with van der Waals surface area (Å²) in [5.41, 5.74) is 8.89. The molecule has 2 heterocycles. The van der Waals surface area contributed by atoms with Gasteiger partial charge in [0.1, 0.15) is 10.8 Å². The highest BCUT2D eigenvalue weighted by Crippen LogP contribution is 2.32. The van der Waals surface area contributed by atoms with Gasteiger partial charge in [0.05, 0.1) is 16.9 Å². The van der Waals surface area contributed by atoms with Crippen LogP contribution < -0.4 is 5.73 Å². The van der Waals surface area contributed by atoms with Crippen LogP contribution in [-0.2, 0) is 6.54 Å². The molecule has 0 saturated heterocycles. The molecule has 0 unspecified atom stereocenters. The van der Waals surface area contributed by atoms with Gasteiger partial charge in [0.15, 0.2) is 0 Å². The van der Waals surface area contributed by atoms with Crippen molar-refractivity contribution in [1.82, 2.24) is 10.2 Å². The second-order valence-corrected chi connectivity index (χ2v) is 4.87. The van der Waals surface area contributed by atoms with Gasteiger partial charge < -0.3 is 10.2 Å². The van der Waals surface area contributed by atoms with Crippen molar-refractivity contribution in [2.45, 2.75) is 37.2 Å². The van der Waals surface area contributed by atoms with Crippen molar-refractivity contribution in [2.75, 3.05) is 0 Å². The first-order valence-electron chi connectivity index (χ1n) is 5.38. The summed E-state index contributed by atoms with van der Waals surface area (Å²) in [7, 11) is 0. The van der Waals surface area contributed by atoms with Crippen LogP contribution in [0.3, 0.4) is 0 Å². The lowest BCUT2D eigenvalue weighted by Crippen LogP contribution is -2.06. The van der Waals surface area contributed by atoms with Gasteiger partial charge in [-0.05, 0) is 32.4 Å². The fraction of sp³-hybridized carbons (Fsp3) is 0.333. The first-order chi connectivity index (χ1) is 8.13. The van der Waals surface area contributed by atoms with Crippen LogP contribution in [0.5, 0.6) is 0 Å². The number of rotatable bonds is 3. The molecule has 0 atom stereocenters. The predicted molar refractivity (Wildman–Crippen MR) is 67.0 cm³/mol. The van der Waals surface area contributed by atoms with Gasteiger partial charge >= 0.3 is 0 Å². The van der Waals surface area contributed by atoms with E-state index in [-0.39, 0.29) is 0 Å². The van der Waals surface area contributed by atoms with E-state index in [4.69, 9.17) is 10.2 Å². The first-order valence-corrected chi connectivity index (χ1v) is 6.20. The molecule has 0 fully saturated rings. The van der Waals surface area contributed by atoms with E-state index in [2.05, 4.69) is 10.2 Å². The minimum absolute atomic E-state index is 0.474. The Bertz CT molecular complexity index is 537. The molecule has 0 saturated carbocycles. The molecule has 2 rings (SSSR count). The molecule has 0 spiro atoms. The number of aryl methyl sites for hydroxylation is 2. The normalized spacial score (nSPS) is 10.8. The number of furan rings is 1. The minimum Gasteiger partial charge on any atom is -0.468 e. The van der Waals surface area contributed by atoms with Gasteiger partial charge in [0.2, 0.25) is 0 Å². The van der Waals surface area contributed by atoms with Crippen LogP contribution in [0.4, 0.5) is 0 Å². The Morgan fingerprint density at radius 2 is 2.06 bits per heavy atom. The lowest BCUT2D eigenvalue weighted by atomic mass is 10.1. The maximum atomic E-state index is 5.78. The van der Waals surface area contributed by atoms with Crippen LogP contribution in [0, 0.1) is 20.8 Å². The fourth-order valence-electron chi connectivity index (χ4n) is 1.54. The monoisotopic (exact) mass is 249 g/mol. The summed E-state index contributed by atoms with van der Waals surface area (Å²) in [5, 5.41) is 9.22. The second-order valence-electron chi connectivity index (χ2n) is 3.84. The third-order valence-electron chi connectivity index (χ3n) is 2.77. The van der Waals surface area contributed by atoms with Crippen LogP contribution in [0.15, 0.2) is 26.7 Å². The van der Waals surface area contributed by atoms with Crippen molar-refractivity contribution in [3.8, 4) is 0 Å². The molecule has 0 amide bonds. The topological polar surface area (TPSA) is 64.9 Å². The van der Waals surface area contributed by atoms with Crippen LogP contribution in [0.2, 0.25) is 0 Å². The van der Waals surface area contributed by atoms with Crippen molar-refractivity contribution in [1.29, 1.82) is 0 Å². The van der Waals surface area contributed by atoms with Gasteiger partial charge in [-0.2, -0.15) is 5.10 Å². The SMILES string of the molecule is Cc1nnc(Sc2ccoc2C)c(CN)c1C. The molecule has 2 aromatic rings. The predicted octanol–water partition coefficient (Wildman–Crippen LogP) is 2.60. The molecule has 17 heavy (non-hydrogen) atoms. The Kier molecular flexibility index (Phi) is 3.49. The van der Waals surface area contributed by atoms with E-state index in [0.29, 0.717) is 6.54 Å². The highest BCUT2D eigenvalue weighted by atomic mass is 32.2. The maximum Gasteiger partial charge on any atom is 0.128 e. The van der Waals surface area contributed by atoms with Crippen LogP contribution in [-0.4, -0.2) is 10.2 Å². The smallest absolute Gasteiger partial charge is 0.128 e. The summed E-state index contributed by atoms with van der Waals surface area (Å²) < 4.78 is 5.26. The average molecular weight is 249 g/mol. The Morgan fingerprint density at radius 1 is 1.29 bits per heavy atom. The van der Waals surface area contributed by atoms with Crippen molar-refractivity contribution < 1.29 is 4.42 Å². The van der Waals surface area contributed by atoms with Gasteiger partial charge in [0, 0.05) is 12.1 Å². The molecule has 4 nitrogen and oxygen atoms in total. The number of hydrogen-bond donors (Lipinski definition) is 1. The molecular weight excluding hydrogens is 234 g/mol. The largest absolute Gasteiger partial charge is 0.468 e. The summed E-state index contributed by atoms with van der Waals surface area (Å²) in [6, 6.07) is 1.93.